The summed E-state index contributed by atoms with van der Waals surface area (Å²) >= 11 is 2.99. The molecule has 0 aliphatic carbocycles. The molecule has 0 spiro atoms. The molecule has 14 heavy (non-hydrogen) atoms. The van der Waals surface area contributed by atoms with E-state index in [1.165, 1.54) is 0 Å². The number of carbonyl (C=O) groups excluding carboxylic acids is 1. The molecule has 2 nitrogen and oxygen atoms in total. The number of allylic oxidation sites excluding steroid dienone is 2. The topological polar surface area (TPSA) is 26.3 Å². The molecule has 0 aromatic rings. The first-order chi connectivity index (χ1) is 6.74. The highest BCUT2D eigenvalue weighted by Gasteiger charge is 1.98. The third kappa shape index (κ3) is 9.26. The van der Waals surface area contributed by atoms with Crippen molar-refractivity contribution >= 4 is 21.9 Å². The maximum atomic E-state index is 10.7. The lowest BCUT2D eigenvalue weighted by atomic mass is 10.2. The summed E-state index contributed by atoms with van der Waals surface area (Å²) in [4.78, 5) is 10.7. The third-order valence-corrected chi connectivity index (χ3v) is 1.56. The number of rotatable bonds is 5. The van der Waals surface area contributed by atoms with Crippen molar-refractivity contribution in [1.82, 2.24) is 0 Å². The van der Waals surface area contributed by atoms with E-state index < -0.39 is 0 Å². The maximum Gasteiger partial charge on any atom is 0.316 e. The van der Waals surface area contributed by atoms with Crippen LogP contribution in [0.2, 0.25) is 0 Å². The maximum absolute atomic E-state index is 10.7. The Hall–Kier alpha value is -0.830. The quantitative estimate of drug-likeness (QED) is 0.431. The minimum Gasteiger partial charge on any atom is -0.460 e. The molecule has 0 atom stereocenters. The fraction of sp³-hybridized carbons (Fsp3) is 0.364. The van der Waals surface area contributed by atoms with Gasteiger partial charge in [-0.25, -0.2) is 0 Å². The van der Waals surface area contributed by atoms with E-state index in [-0.39, 0.29) is 17.9 Å². The fourth-order valence-corrected chi connectivity index (χ4v) is 0.691. The molecule has 0 unspecified atom stereocenters. The smallest absolute Gasteiger partial charge is 0.316 e. The highest BCUT2D eigenvalue weighted by Crippen LogP contribution is 1.98. The highest BCUT2D eigenvalue weighted by molar-refractivity contribution is 9.09. The number of esters is 1. The average molecular weight is 261 g/mol. The van der Waals surface area contributed by atoms with Crippen LogP contribution >= 0.6 is 15.9 Å². The molecular weight excluding hydrogens is 244 g/mol. The summed E-state index contributed by atoms with van der Waals surface area (Å²) in [5, 5.41) is 0.214. The second-order valence-electron chi connectivity index (χ2n) is 1.98. The summed E-state index contributed by atoms with van der Waals surface area (Å²) in [5.41, 5.74) is 0.833. The van der Waals surface area contributed by atoms with Gasteiger partial charge in [0, 0.05) is 0 Å². The normalized spacial score (nSPS) is 9.50. The number of hydrogen-bond donors (Lipinski definition) is 0. The Balaban J connectivity index is 0. The second-order valence-corrected chi connectivity index (χ2v) is 2.54. The molecule has 80 valence electrons. The number of ether oxygens (including phenoxy) is 1. The first-order valence-corrected chi connectivity index (χ1v) is 5.52. The van der Waals surface area contributed by atoms with Crippen LogP contribution in [0.4, 0.5) is 0 Å². The molecule has 0 aliphatic rings. The van der Waals surface area contributed by atoms with Gasteiger partial charge in [-0.1, -0.05) is 61.2 Å². The number of carbonyl (C=O) groups is 1. The van der Waals surface area contributed by atoms with Crippen LogP contribution in [0.3, 0.4) is 0 Å². The van der Waals surface area contributed by atoms with Gasteiger partial charge in [-0.2, -0.15) is 0 Å². The van der Waals surface area contributed by atoms with Crippen molar-refractivity contribution in [3.63, 3.8) is 0 Å². The largest absolute Gasteiger partial charge is 0.460 e. The number of hydrogen-bond acceptors (Lipinski definition) is 2. The Labute approximate surface area is 94.5 Å². The van der Waals surface area contributed by atoms with Crippen molar-refractivity contribution < 1.29 is 9.53 Å². The van der Waals surface area contributed by atoms with Gasteiger partial charge in [-0.3, -0.25) is 4.79 Å². The predicted octanol–water partition coefficient (Wildman–Crippen LogP) is 3.25. The minimum absolute atomic E-state index is 0.214. The molecule has 0 saturated carbocycles. The molecule has 0 aromatic carbocycles. The van der Waals surface area contributed by atoms with Gasteiger partial charge in [-0.05, 0) is 5.57 Å². The minimum atomic E-state index is -0.285. The van der Waals surface area contributed by atoms with Crippen molar-refractivity contribution in [2.24, 2.45) is 0 Å². The Bertz CT molecular complexity index is 207. The van der Waals surface area contributed by atoms with Crippen molar-refractivity contribution in [3.05, 3.63) is 37.0 Å². The molecule has 0 fully saturated rings. The molecular formula is C11H17BrO2. The van der Waals surface area contributed by atoms with Gasteiger partial charge in [0.1, 0.15) is 11.9 Å². The van der Waals surface area contributed by atoms with Crippen molar-refractivity contribution in [2.75, 3.05) is 11.9 Å². The van der Waals surface area contributed by atoms with Gasteiger partial charge >= 0.3 is 5.97 Å². The zero-order valence-corrected chi connectivity index (χ0v) is 10.3. The molecule has 0 rings (SSSR count). The summed E-state index contributed by atoms with van der Waals surface area (Å²) in [7, 11) is 0. The number of halogens is 1. The first kappa shape index (κ1) is 15.6. The standard InChI is InChI=1S/C9H11BrO2.C2H6/c1-3-5-8(4-2)7-12-9(11)6-10;1-2/h3-5H,1-2,6-7H2;1-2H3/b8-5+;. The summed E-state index contributed by atoms with van der Waals surface area (Å²) in [6.45, 7) is 11.3. The van der Waals surface area contributed by atoms with Crippen LogP contribution in [0.5, 0.6) is 0 Å². The van der Waals surface area contributed by atoms with Crippen LogP contribution in [-0.4, -0.2) is 17.9 Å². The Morgan fingerprint density at radius 3 is 2.36 bits per heavy atom. The van der Waals surface area contributed by atoms with Gasteiger partial charge in [0.2, 0.25) is 0 Å². The molecule has 3 heteroatoms. The molecule has 0 aliphatic heterocycles. The predicted molar refractivity (Wildman–Crippen MR) is 64.6 cm³/mol. The van der Waals surface area contributed by atoms with E-state index in [2.05, 4.69) is 29.1 Å². The molecule has 0 N–H and O–H groups in total. The van der Waals surface area contributed by atoms with Crippen LogP contribution < -0.4 is 0 Å². The van der Waals surface area contributed by atoms with E-state index in [9.17, 15) is 4.79 Å². The van der Waals surface area contributed by atoms with Crippen LogP contribution in [0.25, 0.3) is 0 Å². The van der Waals surface area contributed by atoms with E-state index in [0.29, 0.717) is 0 Å². The fourth-order valence-electron chi connectivity index (χ4n) is 0.529. The molecule has 0 heterocycles. The van der Waals surface area contributed by atoms with E-state index in [1.807, 2.05) is 13.8 Å². The summed E-state index contributed by atoms with van der Waals surface area (Å²) in [6, 6.07) is 0. The Morgan fingerprint density at radius 2 is 2.00 bits per heavy atom. The van der Waals surface area contributed by atoms with Crippen molar-refractivity contribution in [3.8, 4) is 0 Å². The molecule has 0 radical (unpaired) electrons. The Kier molecular flexibility index (Phi) is 13.6. The van der Waals surface area contributed by atoms with Gasteiger partial charge in [0.25, 0.3) is 0 Å². The van der Waals surface area contributed by atoms with Crippen LogP contribution in [0.15, 0.2) is 37.0 Å². The third-order valence-electron chi connectivity index (χ3n) is 1.10. The zero-order valence-electron chi connectivity index (χ0n) is 8.75. The first-order valence-electron chi connectivity index (χ1n) is 4.40. The SMILES string of the molecule is C=C/C=C(\C=C)COC(=O)CBr.CC. The van der Waals surface area contributed by atoms with Crippen molar-refractivity contribution in [2.45, 2.75) is 13.8 Å². The summed E-state index contributed by atoms with van der Waals surface area (Å²) < 4.78 is 4.82. The van der Waals surface area contributed by atoms with Crippen LogP contribution in [-0.2, 0) is 9.53 Å². The number of alkyl halides is 1. The van der Waals surface area contributed by atoms with Crippen LogP contribution in [0, 0.1) is 0 Å². The van der Waals surface area contributed by atoms with Gasteiger partial charge in [0.15, 0.2) is 0 Å². The average Bonchev–Trinajstić information content (AvgIpc) is 2.26. The molecule has 0 amide bonds. The van der Waals surface area contributed by atoms with Crippen molar-refractivity contribution in [1.29, 1.82) is 0 Å². The molecule has 0 bridgehead atoms. The summed E-state index contributed by atoms with van der Waals surface area (Å²) in [6.07, 6.45) is 5.00. The lowest BCUT2D eigenvalue weighted by molar-refractivity contribution is -0.139. The molecule has 0 saturated heterocycles. The van der Waals surface area contributed by atoms with Gasteiger partial charge in [-0.15, -0.1) is 0 Å². The van der Waals surface area contributed by atoms with E-state index in [1.54, 1.807) is 18.2 Å². The molecule has 0 aromatic heterocycles. The van der Waals surface area contributed by atoms with Gasteiger partial charge in [0.05, 0.1) is 0 Å². The van der Waals surface area contributed by atoms with Crippen LogP contribution in [0.1, 0.15) is 13.8 Å². The Morgan fingerprint density at radius 1 is 1.43 bits per heavy atom. The second kappa shape index (κ2) is 12.2. The lowest BCUT2D eigenvalue weighted by Gasteiger charge is -2.01. The highest BCUT2D eigenvalue weighted by atomic mass is 79.9. The van der Waals surface area contributed by atoms with E-state index in [4.69, 9.17) is 4.74 Å². The van der Waals surface area contributed by atoms with E-state index in [0.717, 1.165) is 5.57 Å². The van der Waals surface area contributed by atoms with Gasteiger partial charge < -0.3 is 4.74 Å². The summed E-state index contributed by atoms with van der Waals surface area (Å²) in [5.74, 6) is -0.285. The van der Waals surface area contributed by atoms with E-state index >= 15 is 0 Å². The monoisotopic (exact) mass is 260 g/mol. The lowest BCUT2D eigenvalue weighted by Crippen LogP contribution is -2.07. The zero-order chi connectivity index (χ0) is 11.4.